The molecule has 90 valence electrons. The van der Waals surface area contributed by atoms with E-state index in [1.807, 2.05) is 13.0 Å². The number of nitrogens with zero attached hydrogens (tertiary/aromatic N) is 3. The maximum Gasteiger partial charge on any atom is 0.261 e. The van der Waals surface area contributed by atoms with Gasteiger partial charge in [0.25, 0.3) is 5.91 Å². The smallest absolute Gasteiger partial charge is 0.261 e. The molecule has 2 aromatic heterocycles. The summed E-state index contributed by atoms with van der Waals surface area (Å²) in [6.45, 7) is 4.39. The predicted molar refractivity (Wildman–Crippen MR) is 63.8 cm³/mol. The molecule has 0 fully saturated rings. The molecule has 0 unspecified atom stereocenters. The van der Waals surface area contributed by atoms with Gasteiger partial charge in [-0.25, -0.2) is 0 Å². The van der Waals surface area contributed by atoms with Crippen molar-refractivity contribution in [2.75, 3.05) is 0 Å². The molecule has 0 aliphatic heterocycles. The van der Waals surface area contributed by atoms with Gasteiger partial charge < -0.3 is 5.32 Å². The second-order valence-electron chi connectivity index (χ2n) is 3.56. The van der Waals surface area contributed by atoms with Crippen LogP contribution < -0.4 is 5.32 Å². The Bertz CT molecular complexity index is 505. The molecule has 0 bridgehead atoms. The first-order chi connectivity index (χ1) is 8.20. The summed E-state index contributed by atoms with van der Waals surface area (Å²) in [5.74, 6) is 0.380. The molecule has 0 spiro atoms. The Hall–Kier alpha value is -1.76. The largest absolute Gasteiger partial charge is 0.344 e. The summed E-state index contributed by atoms with van der Waals surface area (Å²) >= 11 is 1.51. The lowest BCUT2D eigenvalue weighted by molar-refractivity contribution is 0.0954. The fraction of sp³-hybridized carbons (Fsp3) is 0.400. The van der Waals surface area contributed by atoms with Crippen molar-refractivity contribution in [1.29, 1.82) is 0 Å². The summed E-state index contributed by atoms with van der Waals surface area (Å²) < 4.78 is 0. The van der Waals surface area contributed by atoms with Gasteiger partial charge >= 0.3 is 0 Å². The van der Waals surface area contributed by atoms with Gasteiger partial charge in [-0.3, -0.25) is 4.79 Å². The lowest BCUT2D eigenvalue weighted by Gasteiger charge is -1.98. The Morgan fingerprint density at radius 2 is 2.41 bits per heavy atom. The topological polar surface area (TPSA) is 83.6 Å². The molecule has 17 heavy (non-hydrogen) atoms. The molecule has 0 aliphatic carbocycles. The third kappa shape index (κ3) is 2.68. The van der Waals surface area contributed by atoms with Crippen LogP contribution in [0.25, 0.3) is 0 Å². The Kier molecular flexibility index (Phi) is 3.48. The van der Waals surface area contributed by atoms with Crippen LogP contribution in [0.5, 0.6) is 0 Å². The van der Waals surface area contributed by atoms with E-state index < -0.39 is 0 Å². The number of thiophene rings is 1. The van der Waals surface area contributed by atoms with Crippen LogP contribution >= 0.6 is 11.3 Å². The number of rotatable bonds is 4. The summed E-state index contributed by atoms with van der Waals surface area (Å²) in [4.78, 5) is 13.8. The molecule has 0 aliphatic rings. The molecular formula is C10H13N5OS. The van der Waals surface area contributed by atoms with Crippen LogP contribution in [-0.4, -0.2) is 26.5 Å². The number of aromatic nitrogens is 4. The van der Waals surface area contributed by atoms with Gasteiger partial charge in [-0.2, -0.15) is 5.21 Å². The highest BCUT2D eigenvalue weighted by molar-refractivity contribution is 7.14. The molecule has 2 aromatic rings. The molecule has 2 heterocycles. The average molecular weight is 251 g/mol. The van der Waals surface area contributed by atoms with Crippen LogP contribution in [0.4, 0.5) is 0 Å². The maximum atomic E-state index is 11.8. The van der Waals surface area contributed by atoms with E-state index in [1.54, 1.807) is 0 Å². The molecule has 0 aromatic carbocycles. The van der Waals surface area contributed by atoms with E-state index >= 15 is 0 Å². The number of carbonyl (C=O) groups is 1. The number of aryl methyl sites for hydroxylation is 2. The van der Waals surface area contributed by atoms with Crippen molar-refractivity contribution in [1.82, 2.24) is 25.9 Å². The highest BCUT2D eigenvalue weighted by Gasteiger charge is 2.11. The molecule has 1 amide bonds. The van der Waals surface area contributed by atoms with Gasteiger partial charge in [0.05, 0.1) is 11.4 Å². The van der Waals surface area contributed by atoms with Gasteiger partial charge in [-0.05, 0) is 25.0 Å². The average Bonchev–Trinajstić information content (AvgIpc) is 2.94. The first-order valence-electron chi connectivity index (χ1n) is 5.30. The molecule has 2 rings (SSSR count). The molecule has 6 nitrogen and oxygen atoms in total. The quantitative estimate of drug-likeness (QED) is 0.851. The number of tetrazole rings is 1. The third-order valence-corrected chi connectivity index (χ3v) is 3.51. The minimum atomic E-state index is -0.0948. The van der Waals surface area contributed by atoms with Crippen molar-refractivity contribution in [3.63, 3.8) is 0 Å². The Labute approximate surface area is 102 Å². The minimum Gasteiger partial charge on any atom is -0.344 e. The first kappa shape index (κ1) is 11.7. The molecular weight excluding hydrogens is 238 g/mol. The first-order valence-corrected chi connectivity index (χ1v) is 6.12. The standard InChI is InChI=1S/C10H13N5OS/c1-3-7-4-8(17-6(7)2)10(16)11-5-9-12-14-15-13-9/h4H,3,5H2,1-2H3,(H,11,16)(H,12,13,14,15). The summed E-state index contributed by atoms with van der Waals surface area (Å²) in [6.07, 6.45) is 0.945. The normalized spacial score (nSPS) is 10.5. The van der Waals surface area contributed by atoms with E-state index in [2.05, 4.69) is 32.9 Å². The molecule has 0 radical (unpaired) electrons. The monoisotopic (exact) mass is 251 g/mol. The minimum absolute atomic E-state index is 0.0948. The van der Waals surface area contributed by atoms with E-state index in [1.165, 1.54) is 21.8 Å². The lowest BCUT2D eigenvalue weighted by atomic mass is 10.2. The summed E-state index contributed by atoms with van der Waals surface area (Å²) in [5.41, 5.74) is 1.22. The number of aromatic amines is 1. The lowest BCUT2D eigenvalue weighted by Crippen LogP contribution is -2.22. The summed E-state index contributed by atoms with van der Waals surface area (Å²) in [7, 11) is 0. The van der Waals surface area contributed by atoms with Crippen molar-refractivity contribution < 1.29 is 4.79 Å². The van der Waals surface area contributed by atoms with Crippen LogP contribution in [0, 0.1) is 6.92 Å². The second kappa shape index (κ2) is 5.05. The van der Waals surface area contributed by atoms with Crippen LogP contribution in [0.3, 0.4) is 0 Å². The van der Waals surface area contributed by atoms with Crippen molar-refractivity contribution in [3.05, 3.63) is 27.2 Å². The highest BCUT2D eigenvalue weighted by Crippen LogP contribution is 2.21. The maximum absolute atomic E-state index is 11.8. The Morgan fingerprint density at radius 1 is 1.59 bits per heavy atom. The van der Waals surface area contributed by atoms with E-state index in [-0.39, 0.29) is 12.5 Å². The van der Waals surface area contributed by atoms with Crippen molar-refractivity contribution >= 4 is 17.2 Å². The fourth-order valence-electron chi connectivity index (χ4n) is 1.49. The van der Waals surface area contributed by atoms with E-state index in [0.717, 1.165) is 11.3 Å². The number of carbonyl (C=O) groups excluding carboxylic acids is 1. The second-order valence-corrected chi connectivity index (χ2v) is 4.81. The van der Waals surface area contributed by atoms with Gasteiger partial charge in [0.15, 0.2) is 5.82 Å². The van der Waals surface area contributed by atoms with Gasteiger partial charge in [-0.1, -0.05) is 12.1 Å². The molecule has 0 saturated carbocycles. The Morgan fingerprint density at radius 3 is 3.00 bits per heavy atom. The van der Waals surface area contributed by atoms with Crippen LogP contribution in [-0.2, 0) is 13.0 Å². The van der Waals surface area contributed by atoms with Crippen LogP contribution in [0.1, 0.15) is 32.9 Å². The zero-order valence-electron chi connectivity index (χ0n) is 9.65. The summed E-state index contributed by atoms with van der Waals surface area (Å²) in [6, 6.07) is 1.94. The number of hydrogen-bond acceptors (Lipinski definition) is 5. The molecule has 0 saturated heterocycles. The molecule has 0 atom stereocenters. The molecule has 2 N–H and O–H groups in total. The van der Waals surface area contributed by atoms with Gasteiger partial charge in [0, 0.05) is 4.88 Å². The number of amides is 1. The Balaban J connectivity index is 1.99. The number of H-pyrrole nitrogens is 1. The summed E-state index contributed by atoms with van der Waals surface area (Å²) in [5, 5.41) is 16.0. The zero-order valence-corrected chi connectivity index (χ0v) is 10.5. The fourth-order valence-corrected chi connectivity index (χ4v) is 2.52. The molecule has 7 heteroatoms. The van der Waals surface area contributed by atoms with E-state index in [0.29, 0.717) is 5.82 Å². The van der Waals surface area contributed by atoms with E-state index in [9.17, 15) is 4.79 Å². The highest BCUT2D eigenvalue weighted by atomic mass is 32.1. The van der Waals surface area contributed by atoms with E-state index in [4.69, 9.17) is 0 Å². The van der Waals surface area contributed by atoms with Gasteiger partial charge in [0.2, 0.25) is 0 Å². The SMILES string of the molecule is CCc1cc(C(=O)NCc2nn[nH]n2)sc1C. The van der Waals surface area contributed by atoms with Crippen LogP contribution in [0.2, 0.25) is 0 Å². The van der Waals surface area contributed by atoms with Crippen molar-refractivity contribution in [3.8, 4) is 0 Å². The van der Waals surface area contributed by atoms with Gasteiger partial charge in [0.1, 0.15) is 0 Å². The third-order valence-electron chi connectivity index (χ3n) is 2.42. The zero-order chi connectivity index (χ0) is 12.3. The van der Waals surface area contributed by atoms with Crippen LogP contribution in [0.15, 0.2) is 6.07 Å². The van der Waals surface area contributed by atoms with Crippen molar-refractivity contribution in [2.45, 2.75) is 26.8 Å². The predicted octanol–water partition coefficient (Wildman–Crippen LogP) is 1.06. The number of hydrogen-bond donors (Lipinski definition) is 2. The van der Waals surface area contributed by atoms with Gasteiger partial charge in [-0.15, -0.1) is 21.5 Å². The van der Waals surface area contributed by atoms with Crippen molar-refractivity contribution in [2.24, 2.45) is 0 Å². The number of nitrogens with one attached hydrogen (secondary N) is 2.